The highest BCUT2D eigenvalue weighted by Gasteiger charge is 2.30. The van der Waals surface area contributed by atoms with Gasteiger partial charge in [-0.05, 0) is 22.9 Å². The van der Waals surface area contributed by atoms with E-state index in [2.05, 4.69) is 0 Å². The molecule has 0 atom stereocenters. The molecule has 8 nitrogen and oxygen atoms in total. The van der Waals surface area contributed by atoms with Crippen molar-refractivity contribution in [2.45, 2.75) is 11.3 Å². The predicted octanol–water partition coefficient (Wildman–Crippen LogP) is 2.82. The fraction of sp³-hybridized carbons (Fsp3) is 0.227. The lowest BCUT2D eigenvalue weighted by atomic mass is 10.1. The number of fused-ring (bicyclic) bond motifs is 1. The van der Waals surface area contributed by atoms with E-state index in [0.717, 1.165) is 10.8 Å². The highest BCUT2D eigenvalue weighted by atomic mass is 32.2. The molecule has 1 fully saturated rings. The van der Waals surface area contributed by atoms with Crippen LogP contribution < -0.4 is 0 Å². The summed E-state index contributed by atoms with van der Waals surface area (Å²) in [5.74, 6) is -0.253. The first-order chi connectivity index (χ1) is 14.9. The SMILES string of the molecule is O=C(Cc1ccccc1[N+](=O)[O-])N1CCN(S(=O)(=O)c2ccc3ccccc3c2)CC1. The van der Waals surface area contributed by atoms with Gasteiger partial charge in [0.05, 0.1) is 16.2 Å². The molecular weight excluding hydrogens is 418 g/mol. The molecule has 4 rings (SSSR count). The molecule has 0 aliphatic carbocycles. The summed E-state index contributed by atoms with van der Waals surface area (Å²) < 4.78 is 27.5. The standard InChI is InChI=1S/C22H21N3O5S/c26-22(16-19-7-3-4-8-21(19)25(27)28)23-11-13-24(14-12-23)31(29,30)20-10-9-17-5-1-2-6-18(17)15-20/h1-10,15H,11-14,16H2. The third-order valence-electron chi connectivity index (χ3n) is 5.48. The van der Waals surface area contributed by atoms with Crippen molar-refractivity contribution in [3.8, 4) is 0 Å². The zero-order valence-corrected chi connectivity index (χ0v) is 17.5. The van der Waals surface area contributed by atoms with Gasteiger partial charge in [-0.3, -0.25) is 14.9 Å². The van der Waals surface area contributed by atoms with Gasteiger partial charge in [0, 0.05) is 37.8 Å². The first-order valence-corrected chi connectivity index (χ1v) is 11.3. The highest BCUT2D eigenvalue weighted by Crippen LogP contribution is 2.24. The average molecular weight is 439 g/mol. The van der Waals surface area contributed by atoms with Crippen molar-refractivity contribution in [3.05, 3.63) is 82.4 Å². The van der Waals surface area contributed by atoms with Crippen molar-refractivity contribution in [1.29, 1.82) is 0 Å². The Bertz CT molecular complexity index is 1250. The molecule has 3 aromatic carbocycles. The summed E-state index contributed by atoms with van der Waals surface area (Å²) in [7, 11) is -3.67. The van der Waals surface area contributed by atoms with Gasteiger partial charge in [0.1, 0.15) is 0 Å². The summed E-state index contributed by atoms with van der Waals surface area (Å²) in [4.78, 5) is 25.1. The van der Waals surface area contributed by atoms with Crippen LogP contribution in [-0.4, -0.2) is 54.6 Å². The van der Waals surface area contributed by atoms with Gasteiger partial charge in [0.25, 0.3) is 5.69 Å². The third kappa shape index (κ3) is 4.28. The molecule has 1 amide bonds. The van der Waals surface area contributed by atoms with Crippen molar-refractivity contribution >= 4 is 32.4 Å². The summed E-state index contributed by atoms with van der Waals surface area (Å²) in [5.41, 5.74) is 0.261. The number of benzene rings is 3. The summed E-state index contributed by atoms with van der Waals surface area (Å²) in [5, 5.41) is 13.0. The number of rotatable bonds is 5. The summed E-state index contributed by atoms with van der Waals surface area (Å²) in [6.07, 6.45) is -0.0887. The molecule has 1 heterocycles. The van der Waals surface area contributed by atoms with E-state index in [4.69, 9.17) is 0 Å². The number of carbonyl (C=O) groups excluding carboxylic acids is 1. The molecule has 1 saturated heterocycles. The fourth-order valence-corrected chi connectivity index (χ4v) is 5.23. The van der Waals surface area contributed by atoms with E-state index in [1.165, 1.54) is 10.4 Å². The minimum absolute atomic E-state index is 0.0887. The van der Waals surface area contributed by atoms with E-state index < -0.39 is 14.9 Å². The summed E-state index contributed by atoms with van der Waals surface area (Å²) in [6, 6.07) is 18.8. The van der Waals surface area contributed by atoms with Gasteiger partial charge in [-0.2, -0.15) is 4.31 Å². The molecule has 0 bridgehead atoms. The van der Waals surface area contributed by atoms with Crippen LogP contribution in [0.1, 0.15) is 5.56 Å². The number of hydrogen-bond acceptors (Lipinski definition) is 5. The molecular formula is C22H21N3O5S. The number of para-hydroxylation sites is 1. The Labute approximate surface area is 179 Å². The lowest BCUT2D eigenvalue weighted by molar-refractivity contribution is -0.385. The highest BCUT2D eigenvalue weighted by molar-refractivity contribution is 7.89. The molecule has 0 spiro atoms. The van der Waals surface area contributed by atoms with E-state index in [9.17, 15) is 23.3 Å². The minimum Gasteiger partial charge on any atom is -0.340 e. The maximum absolute atomic E-state index is 13.1. The van der Waals surface area contributed by atoms with Gasteiger partial charge in [0.2, 0.25) is 15.9 Å². The van der Waals surface area contributed by atoms with Crippen molar-refractivity contribution in [1.82, 2.24) is 9.21 Å². The molecule has 0 radical (unpaired) electrons. The lowest BCUT2D eigenvalue weighted by Crippen LogP contribution is -2.50. The van der Waals surface area contributed by atoms with Crippen molar-refractivity contribution < 1.29 is 18.1 Å². The van der Waals surface area contributed by atoms with E-state index in [1.807, 2.05) is 24.3 Å². The van der Waals surface area contributed by atoms with Crippen LogP contribution in [0.15, 0.2) is 71.6 Å². The number of hydrogen-bond donors (Lipinski definition) is 0. The van der Waals surface area contributed by atoms with Gasteiger partial charge < -0.3 is 4.90 Å². The molecule has 0 N–H and O–H groups in total. The average Bonchev–Trinajstić information content (AvgIpc) is 2.79. The number of carbonyl (C=O) groups is 1. The molecule has 1 aliphatic rings. The maximum Gasteiger partial charge on any atom is 0.273 e. The van der Waals surface area contributed by atoms with Crippen LogP contribution in [0.5, 0.6) is 0 Å². The second-order valence-electron chi connectivity index (χ2n) is 7.36. The smallest absolute Gasteiger partial charge is 0.273 e. The van der Waals surface area contributed by atoms with E-state index in [1.54, 1.807) is 41.3 Å². The first kappa shape index (κ1) is 21.0. The van der Waals surface area contributed by atoms with Gasteiger partial charge in [-0.25, -0.2) is 8.42 Å². The van der Waals surface area contributed by atoms with Crippen molar-refractivity contribution in [2.75, 3.05) is 26.2 Å². The molecule has 0 unspecified atom stereocenters. The molecule has 31 heavy (non-hydrogen) atoms. The number of nitrogens with zero attached hydrogens (tertiary/aromatic N) is 3. The maximum atomic E-state index is 13.1. The first-order valence-electron chi connectivity index (χ1n) is 9.85. The Morgan fingerprint density at radius 3 is 2.26 bits per heavy atom. The van der Waals surface area contributed by atoms with Crippen LogP contribution in [0, 0.1) is 10.1 Å². The number of sulfonamides is 1. The van der Waals surface area contributed by atoms with Gasteiger partial charge in [0.15, 0.2) is 0 Å². The Morgan fingerprint density at radius 2 is 1.55 bits per heavy atom. The van der Waals surface area contributed by atoms with Crippen molar-refractivity contribution in [2.24, 2.45) is 0 Å². The van der Waals surface area contributed by atoms with Gasteiger partial charge in [-0.1, -0.05) is 48.5 Å². The molecule has 0 saturated carbocycles. The second-order valence-corrected chi connectivity index (χ2v) is 9.29. The molecule has 160 valence electrons. The van der Waals surface area contributed by atoms with Crippen LogP contribution in [0.25, 0.3) is 10.8 Å². The minimum atomic E-state index is -3.67. The van der Waals surface area contributed by atoms with Crippen LogP contribution in [-0.2, 0) is 21.2 Å². The normalized spacial score (nSPS) is 15.2. The van der Waals surface area contributed by atoms with Crippen molar-refractivity contribution in [3.63, 3.8) is 0 Å². The topological polar surface area (TPSA) is 101 Å². The molecule has 3 aromatic rings. The number of nitro benzene ring substituents is 1. The largest absolute Gasteiger partial charge is 0.340 e. The summed E-state index contributed by atoms with van der Waals surface area (Å²) in [6.45, 7) is 0.841. The second kappa shape index (κ2) is 8.44. The Kier molecular flexibility index (Phi) is 5.71. The number of nitro groups is 1. The number of piperazine rings is 1. The quantitative estimate of drug-likeness (QED) is 0.449. The van der Waals surface area contributed by atoms with E-state index in [0.29, 0.717) is 5.56 Å². The van der Waals surface area contributed by atoms with Crippen LogP contribution in [0.2, 0.25) is 0 Å². The third-order valence-corrected chi connectivity index (χ3v) is 7.37. The zero-order valence-electron chi connectivity index (χ0n) is 16.7. The Balaban J connectivity index is 1.44. The van der Waals surface area contributed by atoms with E-state index in [-0.39, 0.29) is 49.1 Å². The lowest BCUT2D eigenvalue weighted by Gasteiger charge is -2.34. The monoisotopic (exact) mass is 439 g/mol. The zero-order chi connectivity index (χ0) is 22.0. The van der Waals surface area contributed by atoms with Gasteiger partial charge >= 0.3 is 0 Å². The Hall–Kier alpha value is -3.30. The Morgan fingerprint density at radius 1 is 0.903 bits per heavy atom. The van der Waals surface area contributed by atoms with Crippen LogP contribution in [0.4, 0.5) is 5.69 Å². The predicted molar refractivity (Wildman–Crippen MR) is 116 cm³/mol. The number of amides is 1. The van der Waals surface area contributed by atoms with Gasteiger partial charge in [-0.15, -0.1) is 0 Å². The summed E-state index contributed by atoms with van der Waals surface area (Å²) >= 11 is 0. The molecule has 9 heteroatoms. The van der Waals surface area contributed by atoms with E-state index >= 15 is 0 Å². The van der Waals surface area contributed by atoms with Crippen LogP contribution in [0.3, 0.4) is 0 Å². The van der Waals surface area contributed by atoms with Crippen LogP contribution >= 0.6 is 0 Å². The fourth-order valence-electron chi connectivity index (χ4n) is 3.77. The molecule has 0 aromatic heterocycles. The molecule has 1 aliphatic heterocycles.